The van der Waals surface area contributed by atoms with E-state index in [4.69, 9.17) is 11.6 Å². The number of anilines is 1. The molecule has 112 valence electrons. The van der Waals surface area contributed by atoms with Crippen LogP contribution in [0.25, 0.3) is 0 Å². The standard InChI is InChI=1S/C16H19ClN2O2/c1-3-6-13-16(21)19(10-11(2)9-17)14-8-5-4-7-12(14)15(20)18-13/h4-5,7-9,13H,3,6,10H2,1-2H3,(H,18,20)/b11-9+. The second-order valence-corrected chi connectivity index (χ2v) is 5.43. The van der Waals surface area contributed by atoms with Crippen molar-refractivity contribution in [2.45, 2.75) is 32.7 Å². The summed E-state index contributed by atoms with van der Waals surface area (Å²) in [4.78, 5) is 26.7. The molecule has 0 saturated heterocycles. The van der Waals surface area contributed by atoms with E-state index in [1.165, 1.54) is 5.54 Å². The maximum absolute atomic E-state index is 12.7. The lowest BCUT2D eigenvalue weighted by Gasteiger charge is -2.25. The quantitative estimate of drug-likeness (QED) is 0.929. The molecule has 1 unspecified atom stereocenters. The van der Waals surface area contributed by atoms with E-state index < -0.39 is 6.04 Å². The van der Waals surface area contributed by atoms with Crippen LogP contribution in [-0.4, -0.2) is 24.4 Å². The Balaban J connectivity index is 2.47. The van der Waals surface area contributed by atoms with Crippen molar-refractivity contribution in [2.75, 3.05) is 11.4 Å². The summed E-state index contributed by atoms with van der Waals surface area (Å²) in [6.07, 6.45) is 1.45. The van der Waals surface area contributed by atoms with Gasteiger partial charge in [-0.1, -0.05) is 37.1 Å². The number of nitrogens with zero attached hydrogens (tertiary/aromatic N) is 1. The summed E-state index contributed by atoms with van der Waals surface area (Å²) in [6.45, 7) is 4.23. The number of hydrogen-bond acceptors (Lipinski definition) is 2. The molecule has 1 aromatic carbocycles. The summed E-state index contributed by atoms with van der Waals surface area (Å²) >= 11 is 5.73. The topological polar surface area (TPSA) is 49.4 Å². The molecule has 0 radical (unpaired) electrons. The Bertz CT molecular complexity index is 583. The van der Waals surface area contributed by atoms with Crippen molar-refractivity contribution in [2.24, 2.45) is 0 Å². The molecule has 2 amide bonds. The first kappa shape index (κ1) is 15.6. The fraction of sp³-hybridized carbons (Fsp3) is 0.375. The maximum Gasteiger partial charge on any atom is 0.254 e. The largest absolute Gasteiger partial charge is 0.340 e. The van der Waals surface area contributed by atoms with Crippen molar-refractivity contribution < 1.29 is 9.59 Å². The van der Waals surface area contributed by atoms with Crippen molar-refractivity contribution >= 4 is 29.1 Å². The van der Waals surface area contributed by atoms with Crippen LogP contribution in [0.2, 0.25) is 0 Å². The summed E-state index contributed by atoms with van der Waals surface area (Å²) in [7, 11) is 0. The van der Waals surface area contributed by atoms with Gasteiger partial charge in [-0.25, -0.2) is 0 Å². The minimum atomic E-state index is -0.488. The predicted octanol–water partition coefficient (Wildman–Crippen LogP) is 3.07. The highest BCUT2D eigenvalue weighted by molar-refractivity contribution is 6.25. The SMILES string of the molecule is CCCC1NC(=O)c2ccccc2N(C/C(C)=C/Cl)C1=O. The third-order valence-corrected chi connectivity index (χ3v) is 3.85. The van der Waals surface area contributed by atoms with E-state index in [1.807, 2.05) is 19.9 Å². The van der Waals surface area contributed by atoms with Crippen molar-refractivity contribution in [3.8, 4) is 0 Å². The number of carbonyl (C=O) groups excluding carboxylic acids is 2. The van der Waals surface area contributed by atoms with Gasteiger partial charge in [-0.2, -0.15) is 0 Å². The molecule has 0 aromatic heterocycles. The van der Waals surface area contributed by atoms with Crippen LogP contribution in [0.15, 0.2) is 35.4 Å². The first-order valence-corrected chi connectivity index (χ1v) is 7.49. The third-order valence-electron chi connectivity index (χ3n) is 3.48. The highest BCUT2D eigenvalue weighted by Gasteiger charge is 2.32. The Hall–Kier alpha value is -1.81. The number of nitrogens with one attached hydrogen (secondary N) is 1. The molecule has 0 bridgehead atoms. The zero-order valence-electron chi connectivity index (χ0n) is 12.2. The number of amides is 2. The van der Waals surface area contributed by atoms with Crippen LogP contribution in [0.3, 0.4) is 0 Å². The Morgan fingerprint density at radius 2 is 2.10 bits per heavy atom. The van der Waals surface area contributed by atoms with Crippen molar-refractivity contribution in [1.29, 1.82) is 0 Å². The number of para-hydroxylation sites is 1. The molecule has 1 aliphatic rings. The molecule has 1 heterocycles. The monoisotopic (exact) mass is 306 g/mol. The normalized spacial score (nSPS) is 19.1. The molecule has 0 saturated carbocycles. The van der Waals surface area contributed by atoms with Gasteiger partial charge in [0.2, 0.25) is 5.91 Å². The molecule has 1 aliphatic heterocycles. The Morgan fingerprint density at radius 1 is 1.38 bits per heavy atom. The van der Waals surface area contributed by atoms with Crippen molar-refractivity contribution in [3.05, 3.63) is 40.9 Å². The summed E-state index contributed by atoms with van der Waals surface area (Å²) in [5, 5.41) is 2.82. The summed E-state index contributed by atoms with van der Waals surface area (Å²) in [5.41, 5.74) is 3.48. The third kappa shape index (κ3) is 3.27. The molecule has 21 heavy (non-hydrogen) atoms. The van der Waals surface area contributed by atoms with Gasteiger partial charge >= 0.3 is 0 Å². The molecule has 4 nitrogen and oxygen atoms in total. The Labute approximate surface area is 129 Å². The van der Waals surface area contributed by atoms with Crippen LogP contribution < -0.4 is 10.2 Å². The summed E-state index contributed by atoms with van der Waals surface area (Å²) in [6, 6.07) is 6.66. The average molecular weight is 307 g/mol. The lowest BCUT2D eigenvalue weighted by atomic mass is 10.1. The van der Waals surface area contributed by atoms with Gasteiger partial charge in [-0.05, 0) is 31.1 Å². The second-order valence-electron chi connectivity index (χ2n) is 5.21. The van der Waals surface area contributed by atoms with Gasteiger partial charge in [0.1, 0.15) is 6.04 Å². The van der Waals surface area contributed by atoms with Gasteiger partial charge in [0.25, 0.3) is 5.91 Å². The molecule has 1 atom stereocenters. The molecule has 0 aliphatic carbocycles. The van der Waals surface area contributed by atoms with Crippen molar-refractivity contribution in [1.82, 2.24) is 5.32 Å². The van der Waals surface area contributed by atoms with Crippen molar-refractivity contribution in [3.63, 3.8) is 0 Å². The van der Waals surface area contributed by atoms with E-state index >= 15 is 0 Å². The second kappa shape index (κ2) is 6.76. The smallest absolute Gasteiger partial charge is 0.254 e. The minimum absolute atomic E-state index is 0.0898. The highest BCUT2D eigenvalue weighted by Crippen LogP contribution is 2.26. The van der Waals surface area contributed by atoms with E-state index in [9.17, 15) is 9.59 Å². The minimum Gasteiger partial charge on any atom is -0.340 e. The van der Waals surface area contributed by atoms with Gasteiger partial charge in [0.05, 0.1) is 11.3 Å². The summed E-state index contributed by atoms with van der Waals surface area (Å²) in [5.74, 6) is -0.291. The van der Waals surface area contributed by atoms with E-state index in [1.54, 1.807) is 23.1 Å². The fourth-order valence-corrected chi connectivity index (χ4v) is 2.51. The average Bonchev–Trinajstić information content (AvgIpc) is 2.59. The van der Waals surface area contributed by atoms with Gasteiger partial charge in [-0.15, -0.1) is 0 Å². The van der Waals surface area contributed by atoms with Gasteiger partial charge in [-0.3, -0.25) is 9.59 Å². The number of halogens is 1. The zero-order chi connectivity index (χ0) is 15.4. The number of rotatable bonds is 4. The molecule has 2 rings (SSSR count). The van der Waals surface area contributed by atoms with Gasteiger partial charge in [0, 0.05) is 12.1 Å². The molecular formula is C16H19ClN2O2. The summed E-state index contributed by atoms with van der Waals surface area (Å²) < 4.78 is 0. The van der Waals surface area contributed by atoms with Crippen LogP contribution in [0.1, 0.15) is 37.0 Å². The predicted molar refractivity (Wildman–Crippen MR) is 84.6 cm³/mol. The highest BCUT2D eigenvalue weighted by atomic mass is 35.5. The van der Waals surface area contributed by atoms with E-state index in [0.29, 0.717) is 24.2 Å². The molecule has 5 heteroatoms. The van der Waals surface area contributed by atoms with Crippen LogP contribution in [0.5, 0.6) is 0 Å². The zero-order valence-corrected chi connectivity index (χ0v) is 13.0. The van der Waals surface area contributed by atoms with E-state index in [0.717, 1.165) is 12.0 Å². The van der Waals surface area contributed by atoms with Crippen LogP contribution >= 0.6 is 11.6 Å². The molecule has 0 spiro atoms. The molecule has 1 aromatic rings. The first-order valence-electron chi connectivity index (χ1n) is 7.05. The molecular weight excluding hydrogens is 288 g/mol. The number of carbonyl (C=O) groups is 2. The van der Waals surface area contributed by atoms with E-state index in [2.05, 4.69) is 5.32 Å². The lowest BCUT2D eigenvalue weighted by molar-refractivity contribution is -0.120. The number of benzene rings is 1. The Morgan fingerprint density at radius 3 is 2.76 bits per heavy atom. The van der Waals surface area contributed by atoms with Gasteiger partial charge in [0.15, 0.2) is 0 Å². The van der Waals surface area contributed by atoms with Gasteiger partial charge < -0.3 is 10.2 Å². The van der Waals surface area contributed by atoms with Crippen LogP contribution in [0.4, 0.5) is 5.69 Å². The molecule has 1 N–H and O–H groups in total. The first-order chi connectivity index (χ1) is 10.1. The maximum atomic E-state index is 12.7. The number of fused-ring (bicyclic) bond motifs is 1. The van der Waals surface area contributed by atoms with Crippen LogP contribution in [-0.2, 0) is 4.79 Å². The number of hydrogen-bond donors (Lipinski definition) is 1. The van der Waals surface area contributed by atoms with Crippen LogP contribution in [0, 0.1) is 0 Å². The van der Waals surface area contributed by atoms with E-state index in [-0.39, 0.29) is 11.8 Å². The fourth-order valence-electron chi connectivity index (χ4n) is 2.44. The lowest BCUT2D eigenvalue weighted by Crippen LogP contribution is -2.46. The molecule has 0 fully saturated rings. The Kier molecular flexibility index (Phi) is 5.02.